The van der Waals surface area contributed by atoms with Crippen molar-refractivity contribution in [1.29, 1.82) is 0 Å². The number of benzene rings is 1. The number of aliphatic hydroxyl groups excluding tert-OH is 1. The first-order valence-electron chi connectivity index (χ1n) is 11.8. The van der Waals surface area contributed by atoms with E-state index in [1.165, 1.54) is 10.8 Å². The van der Waals surface area contributed by atoms with Gasteiger partial charge < -0.3 is 14.4 Å². The highest BCUT2D eigenvalue weighted by atomic mass is 125. The zero-order valence-electron chi connectivity index (χ0n) is 21.5. The molecular formula is C24H31FIN2O8P. The predicted molar refractivity (Wildman–Crippen MR) is 141 cm³/mol. The molecule has 1 aromatic heterocycles. The van der Waals surface area contributed by atoms with Crippen molar-refractivity contribution in [2.45, 2.75) is 83.8 Å². The molecule has 2 N–H and O–H groups in total. The van der Waals surface area contributed by atoms with Gasteiger partial charge >= 0.3 is 13.5 Å². The zero-order chi connectivity index (χ0) is 27.5. The van der Waals surface area contributed by atoms with E-state index in [2.05, 4.69) is 4.98 Å². The van der Waals surface area contributed by atoms with E-state index in [0.717, 1.165) is 0 Å². The highest BCUT2D eigenvalue weighted by Gasteiger charge is 2.43. The van der Waals surface area contributed by atoms with Crippen molar-refractivity contribution in [1.82, 2.24) is 9.55 Å². The molecule has 0 saturated carbocycles. The van der Waals surface area contributed by atoms with E-state index in [-0.39, 0.29) is 34.5 Å². The van der Waals surface area contributed by atoms with Crippen molar-refractivity contribution < 1.29 is 32.4 Å². The highest BCUT2D eigenvalue weighted by Crippen LogP contribution is 2.58. The molecule has 0 radical (unpaired) electrons. The second-order valence-corrected chi connectivity index (χ2v) is 14.0. The Morgan fingerprint density at radius 2 is 1.86 bits per heavy atom. The maximum absolute atomic E-state index is 15.4. The number of aliphatic hydroxyl groups is 1. The minimum absolute atomic E-state index is 0.0415. The van der Waals surface area contributed by atoms with E-state index in [0.29, 0.717) is 11.1 Å². The summed E-state index contributed by atoms with van der Waals surface area (Å²) < 4.78 is 52.7. The van der Waals surface area contributed by atoms with Crippen LogP contribution in [0.3, 0.4) is 0 Å². The Hall–Kier alpha value is -1.57. The van der Waals surface area contributed by atoms with Crippen LogP contribution >= 0.6 is 30.4 Å². The van der Waals surface area contributed by atoms with Crippen LogP contribution in [0.1, 0.15) is 70.9 Å². The molecule has 0 spiro atoms. The largest absolute Gasteiger partial charge is 0.530 e. The van der Waals surface area contributed by atoms with Gasteiger partial charge in [-0.25, -0.2) is 13.8 Å². The van der Waals surface area contributed by atoms with Crippen LogP contribution in [0.25, 0.3) is 0 Å². The Labute approximate surface area is 227 Å². The van der Waals surface area contributed by atoms with E-state index in [4.69, 9.17) is 18.3 Å². The zero-order valence-corrected chi connectivity index (χ0v) is 24.5. The molecule has 2 aromatic rings. The summed E-state index contributed by atoms with van der Waals surface area (Å²) in [4.78, 5) is 26.0. The smallest absolute Gasteiger partial charge is 0.403 e. The molecule has 2 aliphatic rings. The average Bonchev–Trinajstić information content (AvgIpc) is 3.13. The lowest BCUT2D eigenvalue weighted by atomic mass is 9.78. The first kappa shape index (κ1) is 28.4. The third-order valence-electron chi connectivity index (χ3n) is 6.33. The number of H-pyrrole nitrogens is 1. The van der Waals surface area contributed by atoms with Crippen LogP contribution in [0.2, 0.25) is 0 Å². The summed E-state index contributed by atoms with van der Waals surface area (Å²) in [5.74, 6) is -0.340. The van der Waals surface area contributed by atoms with Gasteiger partial charge in [0.25, 0.3) is 5.56 Å². The summed E-state index contributed by atoms with van der Waals surface area (Å²) in [7, 11) is -4.19. The van der Waals surface area contributed by atoms with E-state index in [1.54, 1.807) is 28.7 Å². The van der Waals surface area contributed by atoms with Crippen molar-refractivity contribution in [3.63, 3.8) is 0 Å². The van der Waals surface area contributed by atoms with Crippen LogP contribution in [0, 0.1) is 9.39 Å². The first-order chi connectivity index (χ1) is 17.0. The van der Waals surface area contributed by atoms with Crippen LogP contribution in [-0.2, 0) is 35.8 Å². The second-order valence-electron chi connectivity index (χ2n) is 11.3. The lowest BCUT2D eigenvalue weighted by molar-refractivity contribution is -0.0470. The average molecular weight is 650 g/mol. The summed E-state index contributed by atoms with van der Waals surface area (Å²) in [5, 5.41) is 10.5. The van der Waals surface area contributed by atoms with Gasteiger partial charge in [0.2, 0.25) is 0 Å². The van der Waals surface area contributed by atoms with Gasteiger partial charge in [-0.05, 0) is 45.1 Å². The second kappa shape index (κ2) is 9.87. The van der Waals surface area contributed by atoms with Gasteiger partial charge in [-0.3, -0.25) is 23.4 Å². The molecule has 13 heteroatoms. The molecule has 3 heterocycles. The molecule has 204 valence electrons. The van der Waals surface area contributed by atoms with Crippen molar-refractivity contribution in [2.75, 3.05) is 6.61 Å². The van der Waals surface area contributed by atoms with Gasteiger partial charge in [-0.15, -0.1) is 0 Å². The number of aromatic amines is 1. The lowest BCUT2D eigenvalue weighted by Gasteiger charge is -2.33. The fourth-order valence-corrected chi connectivity index (χ4v) is 5.92. The third kappa shape index (κ3) is 5.74. The highest BCUT2D eigenvalue weighted by molar-refractivity contribution is 14.1. The standard InChI is InChI=1S/C24H31FIN2O8P/c1-23(2,3)13-7-14(24(4,5)6)20-12(19(13)25)10-33-37(32,36-20)34-11-17-16(29)8-18(35-17)28-9-15(26)21(30)27-22(28)31/h7,9,16-18,29H,8,10-11H2,1-6H3,(H,27,30,31)/t16-,17+,18+,37?/m0/s1/i26-2. The number of rotatable bonds is 4. The quantitative estimate of drug-likeness (QED) is 0.371. The molecule has 1 unspecified atom stereocenters. The van der Waals surface area contributed by atoms with Crippen LogP contribution < -0.4 is 15.8 Å². The minimum atomic E-state index is -4.19. The molecule has 0 bridgehead atoms. The predicted octanol–water partition coefficient (Wildman–Crippen LogP) is 4.26. The van der Waals surface area contributed by atoms with E-state index in [1.807, 2.05) is 41.5 Å². The Balaban J connectivity index is 1.55. The minimum Gasteiger partial charge on any atom is -0.403 e. The number of hydrogen-bond donors (Lipinski definition) is 2. The molecule has 1 aromatic carbocycles. The summed E-state index contributed by atoms with van der Waals surface area (Å²) in [6.07, 6.45) is -1.50. The first-order valence-corrected chi connectivity index (χ1v) is 14.3. The van der Waals surface area contributed by atoms with Crippen molar-refractivity contribution in [2.24, 2.45) is 0 Å². The number of nitrogens with one attached hydrogen (secondary N) is 1. The molecule has 1 fully saturated rings. The maximum Gasteiger partial charge on any atom is 0.530 e. The van der Waals surface area contributed by atoms with Crippen LogP contribution in [-0.4, -0.2) is 33.5 Å². The van der Waals surface area contributed by atoms with E-state index >= 15 is 4.39 Å². The molecular weight excluding hydrogens is 619 g/mol. The molecule has 0 aliphatic carbocycles. The number of phosphoric ester groups is 1. The normalized spacial score (nSPS) is 26.1. The Morgan fingerprint density at radius 1 is 1.22 bits per heavy atom. The number of ether oxygens (including phenoxy) is 1. The monoisotopic (exact) mass is 650 g/mol. The number of hydrogen-bond acceptors (Lipinski definition) is 8. The summed E-state index contributed by atoms with van der Waals surface area (Å²) in [6.45, 7) is 10.9. The van der Waals surface area contributed by atoms with E-state index in [9.17, 15) is 19.3 Å². The number of nitrogens with zero attached hydrogens (tertiary/aromatic N) is 1. The molecule has 4 atom stereocenters. The van der Waals surface area contributed by atoms with Gasteiger partial charge in [-0.1, -0.05) is 41.5 Å². The molecule has 2 aliphatic heterocycles. The Kier molecular flexibility index (Phi) is 7.59. The number of fused-ring (bicyclic) bond motifs is 1. The number of aromatic nitrogens is 2. The SMILES string of the molecule is CC(C)(C)c1cc(C(C)(C)C)c2c(c1F)COP(=O)(OC[C@H]1O[C@@H](n3cc([125I])c(=O)[nH]c3=O)C[C@@H]1O)O2. The van der Waals surface area contributed by atoms with E-state index < -0.39 is 54.2 Å². The molecule has 37 heavy (non-hydrogen) atoms. The number of halogens is 2. The number of phosphoric acid groups is 1. The summed E-state index contributed by atoms with van der Waals surface area (Å²) in [6, 6.07) is 1.74. The van der Waals surface area contributed by atoms with Crippen LogP contribution in [0.5, 0.6) is 5.75 Å². The third-order valence-corrected chi connectivity index (χ3v) is 8.42. The van der Waals surface area contributed by atoms with Crippen molar-refractivity contribution in [3.05, 3.63) is 59.2 Å². The lowest BCUT2D eigenvalue weighted by Crippen LogP contribution is -2.33. The van der Waals surface area contributed by atoms with Gasteiger partial charge in [-0.2, -0.15) is 0 Å². The molecule has 10 nitrogen and oxygen atoms in total. The van der Waals surface area contributed by atoms with Crippen molar-refractivity contribution >= 4 is 30.4 Å². The Morgan fingerprint density at radius 3 is 2.49 bits per heavy atom. The Bertz CT molecular complexity index is 1380. The maximum atomic E-state index is 15.4. The molecule has 1 saturated heterocycles. The van der Waals surface area contributed by atoms with Crippen LogP contribution in [0.15, 0.2) is 21.9 Å². The summed E-state index contributed by atoms with van der Waals surface area (Å²) >= 11 is 1.79. The fraction of sp³-hybridized carbons (Fsp3) is 0.583. The van der Waals surface area contributed by atoms with Crippen LogP contribution in [0.4, 0.5) is 4.39 Å². The van der Waals surface area contributed by atoms with Gasteiger partial charge in [0.1, 0.15) is 23.9 Å². The molecule has 0 amide bonds. The summed E-state index contributed by atoms with van der Waals surface area (Å²) in [5.41, 5.74) is -0.789. The van der Waals surface area contributed by atoms with Gasteiger partial charge in [0.05, 0.1) is 28.5 Å². The fourth-order valence-electron chi connectivity index (χ4n) is 4.25. The van der Waals surface area contributed by atoms with Gasteiger partial charge in [0.15, 0.2) is 0 Å². The molecule has 4 rings (SSSR count). The van der Waals surface area contributed by atoms with Gasteiger partial charge in [0, 0.05) is 18.2 Å². The van der Waals surface area contributed by atoms with Crippen molar-refractivity contribution in [3.8, 4) is 5.75 Å². The topological polar surface area (TPSA) is 129 Å².